The number of carbonyl (C=O) groups is 1. The predicted molar refractivity (Wildman–Crippen MR) is 106 cm³/mol. The van der Waals surface area contributed by atoms with Crippen LogP contribution in [0.5, 0.6) is 11.5 Å². The highest BCUT2D eigenvalue weighted by molar-refractivity contribution is 7.12. The third kappa shape index (κ3) is 4.56. The Kier molecular flexibility index (Phi) is 5.81. The Morgan fingerprint density at radius 2 is 2.00 bits per heavy atom. The number of carbonyl (C=O) groups excluding carboxylic acids is 1. The molecule has 0 aliphatic carbocycles. The number of hydrogen-bond donors (Lipinski definition) is 1. The molecule has 3 aromatic rings. The number of anilines is 1. The molecule has 2 aromatic carbocycles. The first-order valence-electron chi connectivity index (χ1n) is 7.97. The van der Waals surface area contributed by atoms with Gasteiger partial charge in [-0.05, 0) is 54.3 Å². The predicted octanol–water partition coefficient (Wildman–Crippen LogP) is 5.55. The van der Waals surface area contributed by atoms with Crippen LogP contribution in [0.4, 0.5) is 5.69 Å². The van der Waals surface area contributed by atoms with Gasteiger partial charge in [0, 0.05) is 22.3 Å². The molecule has 6 heteroatoms. The van der Waals surface area contributed by atoms with Gasteiger partial charge in [0.1, 0.15) is 18.1 Å². The second kappa shape index (κ2) is 8.25. The maximum atomic E-state index is 12.4. The number of ether oxygens (including phenoxy) is 2. The number of hydrogen-bond acceptors (Lipinski definition) is 4. The summed E-state index contributed by atoms with van der Waals surface area (Å²) in [4.78, 5) is 13.0. The Labute approximate surface area is 161 Å². The second-order valence-corrected chi connectivity index (χ2v) is 7.02. The van der Waals surface area contributed by atoms with Crippen molar-refractivity contribution in [1.82, 2.24) is 0 Å². The van der Waals surface area contributed by atoms with E-state index >= 15 is 0 Å². The quantitative estimate of drug-likeness (QED) is 0.603. The topological polar surface area (TPSA) is 47.6 Å². The SMILES string of the molecule is COc1cccc(NC(=O)c2cc(COc3ccc(Cl)c(C)c3)cs2)c1. The van der Waals surface area contributed by atoms with Crippen molar-refractivity contribution in [3.05, 3.63) is 74.9 Å². The van der Waals surface area contributed by atoms with Crippen LogP contribution >= 0.6 is 22.9 Å². The molecule has 0 aliphatic rings. The van der Waals surface area contributed by atoms with Gasteiger partial charge in [0.15, 0.2) is 0 Å². The Hall–Kier alpha value is -2.50. The van der Waals surface area contributed by atoms with Crippen molar-refractivity contribution in [1.29, 1.82) is 0 Å². The number of methoxy groups -OCH3 is 1. The molecule has 4 nitrogen and oxygen atoms in total. The summed E-state index contributed by atoms with van der Waals surface area (Å²) in [6.07, 6.45) is 0. The van der Waals surface area contributed by atoms with Crippen LogP contribution in [0.3, 0.4) is 0 Å². The van der Waals surface area contributed by atoms with Crippen molar-refractivity contribution in [2.45, 2.75) is 13.5 Å². The van der Waals surface area contributed by atoms with E-state index in [0.717, 1.165) is 16.9 Å². The molecule has 0 fully saturated rings. The number of thiophene rings is 1. The summed E-state index contributed by atoms with van der Waals surface area (Å²) >= 11 is 7.40. The van der Waals surface area contributed by atoms with Crippen LogP contribution in [-0.2, 0) is 6.61 Å². The number of halogens is 1. The molecular formula is C20H18ClNO3S. The van der Waals surface area contributed by atoms with Crippen LogP contribution in [0.25, 0.3) is 0 Å². The first-order valence-corrected chi connectivity index (χ1v) is 9.22. The molecule has 0 spiro atoms. The maximum absolute atomic E-state index is 12.4. The maximum Gasteiger partial charge on any atom is 0.265 e. The number of nitrogens with one attached hydrogen (secondary N) is 1. The largest absolute Gasteiger partial charge is 0.497 e. The Morgan fingerprint density at radius 3 is 2.77 bits per heavy atom. The van der Waals surface area contributed by atoms with Gasteiger partial charge in [0.05, 0.1) is 12.0 Å². The Morgan fingerprint density at radius 1 is 1.15 bits per heavy atom. The molecule has 0 bridgehead atoms. The lowest BCUT2D eigenvalue weighted by atomic mass is 10.2. The highest BCUT2D eigenvalue weighted by Gasteiger charge is 2.10. The average molecular weight is 388 g/mol. The van der Waals surface area contributed by atoms with E-state index in [9.17, 15) is 4.79 Å². The average Bonchev–Trinajstić information content (AvgIpc) is 3.12. The van der Waals surface area contributed by atoms with Gasteiger partial charge >= 0.3 is 0 Å². The van der Waals surface area contributed by atoms with Crippen LogP contribution in [0, 0.1) is 6.92 Å². The van der Waals surface area contributed by atoms with Crippen molar-refractivity contribution in [2.24, 2.45) is 0 Å². The van der Waals surface area contributed by atoms with Gasteiger partial charge in [-0.25, -0.2) is 0 Å². The summed E-state index contributed by atoms with van der Waals surface area (Å²) < 4.78 is 10.9. The monoisotopic (exact) mass is 387 g/mol. The van der Waals surface area contributed by atoms with Crippen molar-refractivity contribution < 1.29 is 14.3 Å². The number of benzene rings is 2. The molecule has 1 N–H and O–H groups in total. The molecule has 1 aromatic heterocycles. The molecule has 0 atom stereocenters. The van der Waals surface area contributed by atoms with Gasteiger partial charge in [-0.1, -0.05) is 17.7 Å². The van der Waals surface area contributed by atoms with E-state index < -0.39 is 0 Å². The van der Waals surface area contributed by atoms with Crippen LogP contribution in [0.1, 0.15) is 20.8 Å². The lowest BCUT2D eigenvalue weighted by Gasteiger charge is -2.07. The van der Waals surface area contributed by atoms with E-state index in [-0.39, 0.29) is 5.91 Å². The summed E-state index contributed by atoms with van der Waals surface area (Å²) in [5.74, 6) is 1.29. The molecule has 134 valence electrons. The molecule has 0 unspecified atom stereocenters. The zero-order valence-electron chi connectivity index (χ0n) is 14.4. The summed E-state index contributed by atoms with van der Waals surface area (Å²) in [6, 6.07) is 14.6. The molecule has 0 saturated carbocycles. The first kappa shape index (κ1) is 18.3. The second-order valence-electron chi connectivity index (χ2n) is 5.70. The number of rotatable bonds is 6. The molecular weight excluding hydrogens is 370 g/mol. The normalized spacial score (nSPS) is 10.4. The van der Waals surface area contributed by atoms with Crippen molar-refractivity contribution in [3.8, 4) is 11.5 Å². The fourth-order valence-electron chi connectivity index (χ4n) is 2.34. The van der Waals surface area contributed by atoms with Gasteiger partial charge in [0.2, 0.25) is 0 Å². The fourth-order valence-corrected chi connectivity index (χ4v) is 3.25. The van der Waals surface area contributed by atoms with Gasteiger partial charge < -0.3 is 14.8 Å². The minimum atomic E-state index is -0.156. The van der Waals surface area contributed by atoms with E-state index in [2.05, 4.69) is 5.32 Å². The fraction of sp³-hybridized carbons (Fsp3) is 0.150. The smallest absolute Gasteiger partial charge is 0.265 e. The van der Waals surface area contributed by atoms with E-state index in [4.69, 9.17) is 21.1 Å². The third-order valence-corrected chi connectivity index (χ3v) is 5.14. The zero-order chi connectivity index (χ0) is 18.5. The van der Waals surface area contributed by atoms with Crippen molar-refractivity contribution in [3.63, 3.8) is 0 Å². The van der Waals surface area contributed by atoms with Crippen LogP contribution in [-0.4, -0.2) is 13.0 Å². The standard InChI is InChI=1S/C20H18ClNO3S/c1-13-8-17(6-7-18(13)21)25-11-14-9-19(26-12-14)20(23)22-15-4-3-5-16(10-15)24-2/h3-10,12H,11H2,1-2H3,(H,22,23). The van der Waals surface area contributed by atoms with Crippen LogP contribution in [0.2, 0.25) is 5.02 Å². The highest BCUT2D eigenvalue weighted by atomic mass is 35.5. The molecule has 0 radical (unpaired) electrons. The van der Waals surface area contributed by atoms with Crippen molar-refractivity contribution >= 4 is 34.5 Å². The van der Waals surface area contributed by atoms with E-state index in [1.165, 1.54) is 11.3 Å². The molecule has 1 heterocycles. The lowest BCUT2D eigenvalue weighted by Crippen LogP contribution is -2.10. The van der Waals surface area contributed by atoms with E-state index in [1.54, 1.807) is 13.2 Å². The Balaban J connectivity index is 1.61. The van der Waals surface area contributed by atoms with Crippen LogP contribution in [0.15, 0.2) is 53.9 Å². The minimum absolute atomic E-state index is 0.156. The summed E-state index contributed by atoms with van der Waals surface area (Å²) in [6.45, 7) is 2.32. The van der Waals surface area contributed by atoms with E-state index in [0.29, 0.717) is 27.9 Å². The van der Waals surface area contributed by atoms with Gasteiger partial charge in [0.25, 0.3) is 5.91 Å². The number of amides is 1. The van der Waals surface area contributed by atoms with Crippen molar-refractivity contribution in [2.75, 3.05) is 12.4 Å². The van der Waals surface area contributed by atoms with Gasteiger partial charge in [-0.3, -0.25) is 4.79 Å². The van der Waals surface area contributed by atoms with Crippen LogP contribution < -0.4 is 14.8 Å². The van der Waals surface area contributed by atoms with Gasteiger partial charge in [-0.15, -0.1) is 11.3 Å². The minimum Gasteiger partial charge on any atom is -0.497 e. The van der Waals surface area contributed by atoms with E-state index in [1.807, 2.05) is 54.8 Å². The first-order chi connectivity index (χ1) is 12.5. The highest BCUT2D eigenvalue weighted by Crippen LogP contribution is 2.24. The molecule has 3 rings (SSSR count). The molecule has 0 aliphatic heterocycles. The Bertz CT molecular complexity index is 923. The summed E-state index contributed by atoms with van der Waals surface area (Å²) in [5, 5.41) is 5.50. The lowest BCUT2D eigenvalue weighted by molar-refractivity contribution is 0.103. The third-order valence-electron chi connectivity index (χ3n) is 3.74. The van der Waals surface area contributed by atoms with Gasteiger partial charge in [-0.2, -0.15) is 0 Å². The summed E-state index contributed by atoms with van der Waals surface area (Å²) in [5.41, 5.74) is 2.60. The zero-order valence-corrected chi connectivity index (χ0v) is 16.0. The number of aryl methyl sites for hydroxylation is 1. The molecule has 1 amide bonds. The summed E-state index contributed by atoms with van der Waals surface area (Å²) in [7, 11) is 1.59. The molecule has 0 saturated heterocycles. The molecule has 26 heavy (non-hydrogen) atoms.